The molecule has 31 heavy (non-hydrogen) atoms. The van der Waals surface area contributed by atoms with Gasteiger partial charge in [0.25, 0.3) is 0 Å². The molecule has 6 N–H and O–H groups in total. The summed E-state index contributed by atoms with van der Waals surface area (Å²) >= 11 is 0. The Morgan fingerprint density at radius 3 is 2.42 bits per heavy atom. The predicted molar refractivity (Wildman–Crippen MR) is 103 cm³/mol. The zero-order valence-corrected chi connectivity index (χ0v) is 18.0. The second kappa shape index (κ2) is 7.88. The first-order valence-electron chi connectivity index (χ1n) is 11.0. The average Bonchev–Trinajstić information content (AvgIpc) is 3.20. The Morgan fingerprint density at radius 1 is 1.13 bits per heavy atom. The molecule has 0 aromatic carbocycles. The summed E-state index contributed by atoms with van der Waals surface area (Å²) in [5.41, 5.74) is -1.90. The van der Waals surface area contributed by atoms with Gasteiger partial charge in [-0.2, -0.15) is 0 Å². The molecule has 0 radical (unpaired) electrons. The number of carbonyl (C=O) groups excluding carboxylic acids is 1. The molecule has 2 saturated carbocycles. The number of rotatable bonds is 5. The molecule has 2 saturated heterocycles. The monoisotopic (exact) mass is 446 g/mol. The van der Waals surface area contributed by atoms with Gasteiger partial charge in [0, 0.05) is 11.3 Å². The van der Waals surface area contributed by atoms with Crippen molar-refractivity contribution in [2.24, 2.45) is 29.1 Å². The van der Waals surface area contributed by atoms with E-state index in [2.05, 4.69) is 0 Å². The largest absolute Gasteiger partial charge is 0.459 e. The van der Waals surface area contributed by atoms with Crippen LogP contribution in [0.5, 0.6) is 0 Å². The number of fused-ring (bicyclic) bond motifs is 4. The quantitative estimate of drug-likeness (QED) is 0.264. The Morgan fingerprint density at radius 2 is 1.81 bits per heavy atom. The molecule has 0 aromatic heterocycles. The first-order chi connectivity index (χ1) is 14.4. The summed E-state index contributed by atoms with van der Waals surface area (Å²) in [6.07, 6.45) is -7.32. The fourth-order valence-corrected chi connectivity index (χ4v) is 6.52. The summed E-state index contributed by atoms with van der Waals surface area (Å²) in [5, 5.41) is 61.3. The molecule has 10 heteroatoms. The summed E-state index contributed by atoms with van der Waals surface area (Å²) < 4.78 is 16.7. The average molecular weight is 446 g/mol. The normalized spacial score (nSPS) is 52.2. The van der Waals surface area contributed by atoms with Crippen LogP contribution >= 0.6 is 0 Å². The minimum atomic E-state index is -1.53. The highest BCUT2D eigenvalue weighted by Gasteiger charge is 2.70. The third-order valence-corrected chi connectivity index (χ3v) is 8.28. The fourth-order valence-electron chi connectivity index (χ4n) is 6.52. The van der Waals surface area contributed by atoms with Crippen LogP contribution in [0.25, 0.3) is 0 Å². The zero-order valence-electron chi connectivity index (χ0n) is 18.0. The van der Waals surface area contributed by atoms with Crippen molar-refractivity contribution in [1.82, 2.24) is 0 Å². The number of ether oxygens (including phenoxy) is 3. The summed E-state index contributed by atoms with van der Waals surface area (Å²) in [5.74, 6) is -1.80. The van der Waals surface area contributed by atoms with Gasteiger partial charge < -0.3 is 44.8 Å². The highest BCUT2D eigenvalue weighted by molar-refractivity contribution is 5.77. The molecule has 0 unspecified atom stereocenters. The van der Waals surface area contributed by atoms with E-state index < -0.39 is 72.4 Å². The van der Waals surface area contributed by atoms with Crippen LogP contribution in [-0.4, -0.2) is 98.3 Å². The Kier molecular flexibility index (Phi) is 5.92. The smallest absolute Gasteiger partial charge is 0.310 e. The van der Waals surface area contributed by atoms with E-state index >= 15 is 0 Å². The maximum absolute atomic E-state index is 12.6. The van der Waals surface area contributed by atoms with Crippen molar-refractivity contribution in [2.45, 2.75) is 82.1 Å². The van der Waals surface area contributed by atoms with Gasteiger partial charge in [0.15, 0.2) is 6.29 Å². The van der Waals surface area contributed by atoms with Crippen LogP contribution in [0, 0.1) is 29.1 Å². The molecule has 178 valence electrons. The summed E-state index contributed by atoms with van der Waals surface area (Å²) in [6.45, 7) is 4.69. The number of aliphatic hydroxyl groups is 6. The van der Waals surface area contributed by atoms with E-state index in [1.807, 2.05) is 6.92 Å². The highest BCUT2D eigenvalue weighted by atomic mass is 16.7. The Labute approximate surface area is 180 Å². The van der Waals surface area contributed by atoms with Gasteiger partial charge >= 0.3 is 5.97 Å². The molecule has 0 aromatic rings. The van der Waals surface area contributed by atoms with E-state index in [-0.39, 0.29) is 24.4 Å². The van der Waals surface area contributed by atoms with Crippen LogP contribution in [0.3, 0.4) is 0 Å². The van der Waals surface area contributed by atoms with Gasteiger partial charge in [-0.05, 0) is 38.5 Å². The molecule has 0 amide bonds. The lowest BCUT2D eigenvalue weighted by Crippen LogP contribution is -2.61. The van der Waals surface area contributed by atoms with Gasteiger partial charge in [-0.25, -0.2) is 0 Å². The lowest BCUT2D eigenvalue weighted by Gasteiger charge is -2.51. The van der Waals surface area contributed by atoms with Crippen molar-refractivity contribution in [1.29, 1.82) is 0 Å². The van der Waals surface area contributed by atoms with Crippen LogP contribution in [-0.2, 0) is 19.0 Å². The molecule has 4 aliphatic rings. The van der Waals surface area contributed by atoms with Gasteiger partial charge in [-0.15, -0.1) is 0 Å². The summed E-state index contributed by atoms with van der Waals surface area (Å²) in [6, 6.07) is 0. The highest BCUT2D eigenvalue weighted by Crippen LogP contribution is 2.63. The van der Waals surface area contributed by atoms with Crippen molar-refractivity contribution in [3.8, 4) is 0 Å². The molecule has 4 fully saturated rings. The van der Waals surface area contributed by atoms with E-state index in [9.17, 15) is 35.4 Å². The SMILES string of the molecule is CC(C)(O)[C@H]1[C@@H]2OC(=O)[C@H]1[C@H]1CC[C@H](CO[C@@H]3O[C@H](CO)[C@@H](O)[C@H](O)[C@H]3O)[C@@]1(C)[C@H]2O. The standard InChI is InChI=1S/C21H34O10/c1-20(2,28)12-11-9-5-4-8(21(9,3)17(26)16(12)31-18(11)27)7-29-19-15(25)14(24)13(23)10(6-22)30-19/h8-17,19,22-26,28H,4-7H2,1-3H3/t8-,9-,10-,11+,12-,13-,14+,15-,16+,17+,19-,21-/m1/s1. The van der Waals surface area contributed by atoms with E-state index in [1.165, 1.54) is 0 Å². The van der Waals surface area contributed by atoms with E-state index in [0.29, 0.717) is 12.8 Å². The first kappa shape index (κ1) is 23.3. The molecule has 2 aliphatic carbocycles. The first-order valence-corrected chi connectivity index (χ1v) is 11.0. The van der Waals surface area contributed by atoms with E-state index in [1.54, 1.807) is 13.8 Å². The third kappa shape index (κ3) is 3.43. The van der Waals surface area contributed by atoms with Crippen LogP contribution < -0.4 is 0 Å². The van der Waals surface area contributed by atoms with Crippen molar-refractivity contribution >= 4 is 5.97 Å². The lowest BCUT2D eigenvalue weighted by atomic mass is 9.54. The van der Waals surface area contributed by atoms with Gasteiger partial charge in [0.05, 0.1) is 30.8 Å². The fraction of sp³-hybridized carbons (Fsp3) is 0.952. The maximum atomic E-state index is 12.6. The third-order valence-electron chi connectivity index (χ3n) is 8.28. The van der Waals surface area contributed by atoms with Crippen molar-refractivity contribution in [3.05, 3.63) is 0 Å². The molecular weight excluding hydrogens is 412 g/mol. The number of aliphatic hydroxyl groups excluding tert-OH is 5. The Bertz CT molecular complexity index is 692. The lowest BCUT2D eigenvalue weighted by molar-refractivity contribution is -0.306. The Balaban J connectivity index is 1.51. The number of hydrogen-bond donors (Lipinski definition) is 6. The van der Waals surface area contributed by atoms with Crippen molar-refractivity contribution < 1.29 is 49.6 Å². The molecule has 4 rings (SSSR count). The van der Waals surface area contributed by atoms with E-state index in [0.717, 1.165) is 0 Å². The number of esters is 1. The van der Waals surface area contributed by atoms with Crippen LogP contribution in [0.2, 0.25) is 0 Å². The maximum Gasteiger partial charge on any atom is 0.310 e. The second-order valence-electron chi connectivity index (χ2n) is 10.3. The summed E-state index contributed by atoms with van der Waals surface area (Å²) in [7, 11) is 0. The van der Waals surface area contributed by atoms with Crippen molar-refractivity contribution in [3.63, 3.8) is 0 Å². The van der Waals surface area contributed by atoms with Gasteiger partial charge in [-0.1, -0.05) is 6.92 Å². The molecular formula is C21H34O10. The molecule has 2 heterocycles. The van der Waals surface area contributed by atoms with Crippen LogP contribution in [0.4, 0.5) is 0 Å². The van der Waals surface area contributed by atoms with Gasteiger partial charge in [0.2, 0.25) is 0 Å². The van der Waals surface area contributed by atoms with Crippen LogP contribution in [0.15, 0.2) is 0 Å². The topological polar surface area (TPSA) is 166 Å². The number of carbonyl (C=O) groups is 1. The van der Waals surface area contributed by atoms with Gasteiger partial charge in [-0.3, -0.25) is 4.79 Å². The minimum Gasteiger partial charge on any atom is -0.459 e. The molecule has 0 spiro atoms. The van der Waals surface area contributed by atoms with E-state index in [4.69, 9.17) is 14.2 Å². The van der Waals surface area contributed by atoms with Crippen LogP contribution in [0.1, 0.15) is 33.6 Å². The van der Waals surface area contributed by atoms with Gasteiger partial charge in [0.1, 0.15) is 30.5 Å². The zero-order chi connectivity index (χ0) is 22.9. The Hall–Kier alpha value is -0.850. The minimum absolute atomic E-state index is 0.0769. The second-order valence-corrected chi connectivity index (χ2v) is 10.3. The van der Waals surface area contributed by atoms with Crippen molar-refractivity contribution in [2.75, 3.05) is 13.2 Å². The predicted octanol–water partition coefficient (Wildman–Crippen LogP) is -1.86. The molecule has 10 nitrogen and oxygen atoms in total. The molecule has 2 aliphatic heterocycles. The molecule has 12 atom stereocenters. The summed E-state index contributed by atoms with van der Waals surface area (Å²) in [4.78, 5) is 12.6. The molecule has 2 bridgehead atoms. The number of hydrogen-bond acceptors (Lipinski definition) is 10.